The summed E-state index contributed by atoms with van der Waals surface area (Å²) in [5.41, 5.74) is 1.94. The Labute approximate surface area is 219 Å². The quantitative estimate of drug-likeness (QED) is 0.577. The van der Waals surface area contributed by atoms with Crippen molar-refractivity contribution >= 4 is 17.6 Å². The van der Waals surface area contributed by atoms with E-state index in [0.717, 1.165) is 56.5 Å². The number of nitrogens with one attached hydrogen (secondary N) is 1. The van der Waals surface area contributed by atoms with E-state index in [1.54, 1.807) is 37.8 Å². The summed E-state index contributed by atoms with van der Waals surface area (Å²) in [6.45, 7) is 10.4. The predicted molar refractivity (Wildman–Crippen MR) is 140 cm³/mol. The number of nitriles is 1. The van der Waals surface area contributed by atoms with Gasteiger partial charge >= 0.3 is 6.09 Å². The Balaban J connectivity index is 1.36. The molecule has 1 saturated heterocycles. The molecule has 1 saturated carbocycles. The number of likely N-dealkylation sites (tertiary alicyclic amines) is 1. The van der Waals surface area contributed by atoms with Crippen molar-refractivity contribution in [3.05, 3.63) is 41.2 Å². The van der Waals surface area contributed by atoms with Crippen LogP contribution in [0.15, 0.2) is 24.3 Å². The van der Waals surface area contributed by atoms with Gasteiger partial charge in [-0.3, -0.25) is 14.6 Å². The lowest BCUT2D eigenvalue weighted by molar-refractivity contribution is -0.128. The highest BCUT2D eigenvalue weighted by Crippen LogP contribution is 2.43. The lowest BCUT2D eigenvalue weighted by atomic mass is 9.96. The molecule has 2 amide bonds. The van der Waals surface area contributed by atoms with E-state index in [4.69, 9.17) is 4.74 Å². The van der Waals surface area contributed by atoms with Crippen molar-refractivity contribution in [3.8, 4) is 6.07 Å². The first-order valence-corrected chi connectivity index (χ1v) is 13.5. The first-order chi connectivity index (χ1) is 17.6. The molecule has 4 unspecified atom stereocenters. The summed E-state index contributed by atoms with van der Waals surface area (Å²) in [5.74, 6) is -0.547. The number of benzene rings is 1. The molecule has 37 heavy (non-hydrogen) atoms. The second-order valence-electron chi connectivity index (χ2n) is 11.5. The van der Waals surface area contributed by atoms with Crippen molar-refractivity contribution in [1.29, 1.82) is 5.26 Å². The van der Waals surface area contributed by atoms with Crippen LogP contribution in [0.3, 0.4) is 0 Å². The molecule has 1 N–H and O–H groups in total. The van der Waals surface area contributed by atoms with Gasteiger partial charge in [0.05, 0.1) is 6.07 Å². The number of aryl methyl sites for hydroxylation is 1. The van der Waals surface area contributed by atoms with Crippen molar-refractivity contribution in [2.24, 2.45) is 5.92 Å². The Morgan fingerprint density at radius 3 is 2.70 bits per heavy atom. The molecular formula is C29H39FN4O3. The summed E-state index contributed by atoms with van der Waals surface area (Å²) in [4.78, 5) is 30.0. The number of fused-ring (bicyclic) bond motifs is 2. The normalized spacial score (nSPS) is 24.4. The second-order valence-corrected chi connectivity index (χ2v) is 11.5. The minimum Gasteiger partial charge on any atom is -0.444 e. The number of carbonyl (C=O) groups excluding carboxylic acids is 2. The Morgan fingerprint density at radius 2 is 2.08 bits per heavy atom. The highest BCUT2D eigenvalue weighted by molar-refractivity contribution is 5.87. The van der Waals surface area contributed by atoms with E-state index >= 15 is 0 Å². The lowest BCUT2D eigenvalue weighted by Gasteiger charge is -2.35. The zero-order valence-electron chi connectivity index (χ0n) is 22.4. The molecule has 2 fully saturated rings. The van der Waals surface area contributed by atoms with E-state index in [1.165, 1.54) is 0 Å². The van der Waals surface area contributed by atoms with E-state index in [2.05, 4.69) is 29.3 Å². The van der Waals surface area contributed by atoms with E-state index < -0.39 is 23.8 Å². The van der Waals surface area contributed by atoms with Crippen LogP contribution in [0, 0.1) is 23.1 Å². The first kappa shape index (κ1) is 27.1. The van der Waals surface area contributed by atoms with Crippen molar-refractivity contribution < 1.29 is 18.7 Å². The largest absolute Gasteiger partial charge is 0.444 e. The fourth-order valence-electron chi connectivity index (χ4n) is 5.84. The number of hydrogen-bond acceptors (Lipinski definition) is 5. The van der Waals surface area contributed by atoms with Crippen molar-refractivity contribution in [3.63, 3.8) is 0 Å². The number of carbonyl (C=O) groups is 2. The average molecular weight is 511 g/mol. The molecule has 0 radical (unpaired) electrons. The number of nitrogens with zero attached hydrogens (tertiary/aromatic N) is 3. The number of ether oxygens (including phenoxy) is 1. The maximum absolute atomic E-state index is 14.9. The number of hydrogen-bond donors (Lipinski definition) is 1. The molecule has 1 aromatic carbocycles. The van der Waals surface area contributed by atoms with E-state index in [1.807, 2.05) is 6.07 Å². The minimum atomic E-state index is -0.771. The fourth-order valence-corrected chi connectivity index (χ4v) is 5.84. The van der Waals surface area contributed by atoms with Crippen molar-refractivity contribution in [1.82, 2.24) is 15.1 Å². The average Bonchev–Trinajstić information content (AvgIpc) is 3.48. The van der Waals surface area contributed by atoms with Gasteiger partial charge in [-0.15, -0.1) is 0 Å². The minimum absolute atomic E-state index is 0.00642. The summed E-state index contributed by atoms with van der Waals surface area (Å²) in [5, 5.41) is 12.5. The number of rotatable bonds is 7. The molecule has 7 nitrogen and oxygen atoms in total. The van der Waals surface area contributed by atoms with Gasteiger partial charge < -0.3 is 10.1 Å². The SMILES string of the molecule is CCN1CC=C(c2ccc(CCC(C#N)NC(=O)C3C4CCC(C4)N3C(=O)OC(C)(C)C)c(F)c2)CC1. The monoisotopic (exact) mass is 510 g/mol. The van der Waals surface area contributed by atoms with E-state index in [9.17, 15) is 19.2 Å². The van der Waals surface area contributed by atoms with Gasteiger partial charge in [0.25, 0.3) is 0 Å². The van der Waals surface area contributed by atoms with E-state index in [0.29, 0.717) is 18.4 Å². The predicted octanol–water partition coefficient (Wildman–Crippen LogP) is 4.66. The Bertz CT molecular complexity index is 1090. The van der Waals surface area contributed by atoms with Crippen molar-refractivity contribution in [2.45, 2.75) is 89.9 Å². The number of likely N-dealkylation sites (N-methyl/N-ethyl adjacent to an activating group) is 1. The van der Waals surface area contributed by atoms with Gasteiger partial charge in [-0.25, -0.2) is 9.18 Å². The number of halogens is 1. The molecule has 0 aromatic heterocycles. The summed E-state index contributed by atoms with van der Waals surface area (Å²) in [6.07, 6.45) is 5.73. The van der Waals surface area contributed by atoms with E-state index in [-0.39, 0.29) is 23.7 Å². The highest BCUT2D eigenvalue weighted by atomic mass is 19.1. The molecule has 0 spiro atoms. The van der Waals surface area contributed by atoms with Gasteiger partial charge in [-0.1, -0.05) is 25.1 Å². The zero-order chi connectivity index (χ0) is 26.7. The van der Waals surface area contributed by atoms with Crippen LogP contribution in [0.4, 0.5) is 9.18 Å². The number of piperidine rings is 1. The van der Waals surface area contributed by atoms with Crippen LogP contribution in [0.5, 0.6) is 0 Å². The van der Waals surface area contributed by atoms with Gasteiger partial charge in [0, 0.05) is 19.1 Å². The molecule has 8 heteroatoms. The van der Waals surface area contributed by atoms with Gasteiger partial charge in [0.1, 0.15) is 23.5 Å². The first-order valence-electron chi connectivity index (χ1n) is 13.5. The molecule has 1 aromatic rings. The summed E-state index contributed by atoms with van der Waals surface area (Å²) >= 11 is 0. The Kier molecular flexibility index (Phi) is 8.23. The third kappa shape index (κ3) is 6.32. The van der Waals surface area contributed by atoms with Crippen LogP contribution in [0.1, 0.15) is 70.9 Å². The van der Waals surface area contributed by atoms with Crippen LogP contribution >= 0.6 is 0 Å². The molecule has 4 rings (SSSR count). The molecular weight excluding hydrogens is 471 g/mol. The van der Waals surface area contributed by atoms with Crippen LogP contribution < -0.4 is 5.32 Å². The van der Waals surface area contributed by atoms with Crippen LogP contribution in [-0.2, 0) is 16.0 Å². The number of amides is 2. The smallest absolute Gasteiger partial charge is 0.411 e. The topological polar surface area (TPSA) is 85.7 Å². The molecule has 2 heterocycles. The molecule has 2 aliphatic heterocycles. The van der Waals surface area contributed by atoms with Crippen LogP contribution in [-0.4, -0.2) is 65.2 Å². The van der Waals surface area contributed by atoms with Crippen LogP contribution in [0.25, 0.3) is 5.57 Å². The van der Waals surface area contributed by atoms with Crippen molar-refractivity contribution in [2.75, 3.05) is 19.6 Å². The fraction of sp³-hybridized carbons (Fsp3) is 0.621. The highest BCUT2D eigenvalue weighted by Gasteiger charge is 2.52. The Hall–Kier alpha value is -2.92. The maximum atomic E-state index is 14.9. The van der Waals surface area contributed by atoms with Gasteiger partial charge in [0.15, 0.2) is 0 Å². The van der Waals surface area contributed by atoms with Gasteiger partial charge in [0.2, 0.25) is 5.91 Å². The zero-order valence-corrected chi connectivity index (χ0v) is 22.4. The van der Waals surface area contributed by atoms with Gasteiger partial charge in [-0.05, 0) is 94.5 Å². The third-order valence-corrected chi connectivity index (χ3v) is 7.80. The van der Waals surface area contributed by atoms with Crippen LogP contribution in [0.2, 0.25) is 0 Å². The van der Waals surface area contributed by atoms with Gasteiger partial charge in [-0.2, -0.15) is 5.26 Å². The molecule has 1 aliphatic carbocycles. The molecule has 3 aliphatic rings. The maximum Gasteiger partial charge on any atom is 0.411 e. The summed E-state index contributed by atoms with van der Waals surface area (Å²) in [6, 6.07) is 6.04. The second kappa shape index (κ2) is 11.2. The third-order valence-electron chi connectivity index (χ3n) is 7.80. The Morgan fingerprint density at radius 1 is 1.30 bits per heavy atom. The molecule has 2 bridgehead atoms. The summed E-state index contributed by atoms with van der Waals surface area (Å²) in [7, 11) is 0. The molecule has 4 atom stereocenters. The standard InChI is InChI=1S/C29H39FN4O3/c1-5-33-14-12-19(13-15-33)21-7-6-20(25(30)17-21)8-10-23(18-31)32-27(35)26-22-9-11-24(16-22)34(26)28(36)37-29(2,3)4/h6-7,12,17,22-24,26H,5,8-11,13-16H2,1-4H3,(H,32,35). The molecule has 200 valence electrons. The summed E-state index contributed by atoms with van der Waals surface area (Å²) < 4.78 is 20.5. The lowest BCUT2D eigenvalue weighted by Crippen LogP contribution is -2.55.